The van der Waals surface area contributed by atoms with Crippen LogP contribution in [0.4, 0.5) is 0 Å². The molecule has 0 radical (unpaired) electrons. The molecule has 6 nitrogen and oxygen atoms in total. The van der Waals surface area contributed by atoms with Crippen molar-refractivity contribution in [2.45, 2.75) is 39.5 Å². The molecule has 2 bridgehead atoms. The lowest BCUT2D eigenvalue weighted by Gasteiger charge is -2.53. The monoisotopic (exact) mass is 349 g/mol. The number of aliphatic carboxylic acids is 1. The Labute approximate surface area is 149 Å². The van der Waals surface area contributed by atoms with Crippen LogP contribution in [0.3, 0.4) is 0 Å². The van der Waals surface area contributed by atoms with Gasteiger partial charge in [-0.25, -0.2) is 4.79 Å². The van der Waals surface area contributed by atoms with Gasteiger partial charge in [0.15, 0.2) is 5.96 Å². The van der Waals surface area contributed by atoms with Crippen LogP contribution in [0.2, 0.25) is 0 Å². The Balaban J connectivity index is 2.07. The number of carboxylic acid groups (broad SMARTS) is 1. The first-order chi connectivity index (χ1) is 11.8. The Morgan fingerprint density at radius 2 is 2.20 bits per heavy atom. The maximum Gasteiger partial charge on any atom is 0.331 e. The Bertz CT molecular complexity index is 629. The second kappa shape index (κ2) is 6.31. The van der Waals surface area contributed by atoms with Gasteiger partial charge in [-0.2, -0.15) is 0 Å². The fourth-order valence-corrected chi connectivity index (χ4v) is 6.29. The summed E-state index contributed by atoms with van der Waals surface area (Å²) >= 11 is 0. The summed E-state index contributed by atoms with van der Waals surface area (Å²) in [5.74, 6) is 0.623. The van der Waals surface area contributed by atoms with Crippen molar-refractivity contribution in [3.63, 3.8) is 0 Å². The molecule has 140 valence electrons. The number of hydrogen-bond donors (Lipinski definition) is 3. The quantitative estimate of drug-likeness (QED) is 0.521. The highest BCUT2D eigenvalue weighted by atomic mass is 16.5. The van der Waals surface area contributed by atoms with Gasteiger partial charge in [-0.1, -0.05) is 19.4 Å². The zero-order valence-corrected chi connectivity index (χ0v) is 15.8. The van der Waals surface area contributed by atoms with E-state index in [0.29, 0.717) is 30.0 Å². The molecule has 1 spiro atoms. The molecule has 0 heterocycles. The molecular formula is C19H31N3O3. The molecule has 0 aromatic rings. The molecule has 25 heavy (non-hydrogen) atoms. The number of allylic oxidation sites excluding steroid dienone is 1. The van der Waals surface area contributed by atoms with Crippen molar-refractivity contribution in [1.82, 2.24) is 5.32 Å². The maximum atomic E-state index is 12.1. The number of guanidine groups is 1. The minimum absolute atomic E-state index is 0.0154. The Morgan fingerprint density at radius 1 is 1.48 bits per heavy atom. The summed E-state index contributed by atoms with van der Waals surface area (Å²) in [6, 6.07) is 0. The summed E-state index contributed by atoms with van der Waals surface area (Å²) in [5, 5.41) is 13.2. The number of nitrogens with one attached hydrogen (secondary N) is 1. The van der Waals surface area contributed by atoms with Gasteiger partial charge in [0.1, 0.15) is 0 Å². The van der Waals surface area contributed by atoms with Crippen LogP contribution in [0.1, 0.15) is 39.5 Å². The average molecular weight is 349 g/mol. The first kappa shape index (κ1) is 18.2. The van der Waals surface area contributed by atoms with Gasteiger partial charge in [-0.15, -0.1) is 0 Å². The van der Waals surface area contributed by atoms with E-state index in [2.05, 4.69) is 24.2 Å². The van der Waals surface area contributed by atoms with E-state index in [4.69, 9.17) is 10.5 Å². The number of hydrogen-bond acceptors (Lipinski definition) is 3. The van der Waals surface area contributed by atoms with Gasteiger partial charge in [-0.3, -0.25) is 4.99 Å². The van der Waals surface area contributed by atoms with Crippen LogP contribution in [-0.4, -0.2) is 44.3 Å². The molecule has 5 unspecified atom stereocenters. The lowest BCUT2D eigenvalue weighted by Crippen LogP contribution is -2.54. The molecule has 0 aliphatic heterocycles. The smallest absolute Gasteiger partial charge is 0.331 e. The van der Waals surface area contributed by atoms with Gasteiger partial charge >= 0.3 is 5.97 Å². The van der Waals surface area contributed by atoms with Crippen LogP contribution in [0.15, 0.2) is 16.1 Å². The Hall–Kier alpha value is -1.56. The van der Waals surface area contributed by atoms with Crippen LogP contribution in [-0.2, 0) is 9.53 Å². The molecule has 3 rings (SSSR count). The third-order valence-corrected chi connectivity index (χ3v) is 7.48. The predicted molar refractivity (Wildman–Crippen MR) is 97.2 cm³/mol. The normalized spacial score (nSPS) is 40.3. The molecule has 3 aliphatic carbocycles. The lowest BCUT2D eigenvalue weighted by molar-refractivity contribution is -0.133. The van der Waals surface area contributed by atoms with Crippen molar-refractivity contribution < 1.29 is 14.6 Å². The summed E-state index contributed by atoms with van der Waals surface area (Å²) in [6.07, 6.45) is 4.08. The van der Waals surface area contributed by atoms with Gasteiger partial charge in [-0.05, 0) is 42.9 Å². The first-order valence-electron chi connectivity index (χ1n) is 9.23. The van der Waals surface area contributed by atoms with Crippen molar-refractivity contribution in [2.24, 2.45) is 39.3 Å². The third kappa shape index (κ3) is 2.40. The van der Waals surface area contributed by atoms with E-state index < -0.39 is 5.97 Å². The number of carbonyl (C=O) groups is 1. The number of carboxylic acids is 1. The van der Waals surface area contributed by atoms with Crippen molar-refractivity contribution in [2.75, 3.05) is 27.3 Å². The van der Waals surface area contributed by atoms with Gasteiger partial charge in [0, 0.05) is 37.6 Å². The molecule has 2 saturated carbocycles. The molecule has 2 fully saturated rings. The zero-order chi connectivity index (χ0) is 18.4. The number of methoxy groups -OCH3 is 1. The van der Waals surface area contributed by atoms with E-state index >= 15 is 0 Å². The van der Waals surface area contributed by atoms with Crippen LogP contribution in [0.25, 0.3) is 0 Å². The number of ether oxygens (including phenoxy) is 1. The first-order valence-corrected chi connectivity index (χ1v) is 9.23. The second-order valence-corrected chi connectivity index (χ2v) is 8.28. The second-order valence-electron chi connectivity index (χ2n) is 8.28. The molecular weight excluding hydrogens is 318 g/mol. The van der Waals surface area contributed by atoms with Crippen molar-refractivity contribution in [1.29, 1.82) is 0 Å². The molecule has 0 aromatic heterocycles. The van der Waals surface area contributed by atoms with Crippen LogP contribution in [0.5, 0.6) is 0 Å². The van der Waals surface area contributed by atoms with Crippen LogP contribution >= 0.6 is 0 Å². The van der Waals surface area contributed by atoms with E-state index in [0.717, 1.165) is 32.2 Å². The van der Waals surface area contributed by atoms with Gasteiger partial charge in [0.25, 0.3) is 0 Å². The van der Waals surface area contributed by atoms with Crippen LogP contribution in [0, 0.1) is 28.6 Å². The molecule has 4 N–H and O–H groups in total. The zero-order valence-electron chi connectivity index (χ0n) is 15.8. The van der Waals surface area contributed by atoms with Gasteiger partial charge < -0.3 is 20.9 Å². The minimum atomic E-state index is -0.765. The van der Waals surface area contributed by atoms with E-state index in [1.165, 1.54) is 5.57 Å². The van der Waals surface area contributed by atoms with E-state index in [1.807, 2.05) is 0 Å². The largest absolute Gasteiger partial charge is 0.478 e. The number of rotatable bonds is 5. The van der Waals surface area contributed by atoms with Crippen molar-refractivity contribution in [3.05, 3.63) is 11.1 Å². The van der Waals surface area contributed by atoms with E-state index in [1.54, 1.807) is 14.2 Å². The number of nitrogens with zero attached hydrogens (tertiary/aromatic N) is 1. The van der Waals surface area contributed by atoms with Gasteiger partial charge in [0.05, 0.1) is 6.61 Å². The standard InChI is InChI=1S/C19H31N3O3/c1-11-5-6-13-7-14-15(16(23)24)12(9-25-4)8-19(11,14)18(13,2)10-22-17(20)21-3/h11-13H,5-10H2,1-4H3,(H,23,24)(H3,20,21,22). The molecule has 0 aromatic carbocycles. The number of fused-ring (bicyclic) bond motifs is 1. The number of nitrogens with two attached hydrogens (primary N) is 1. The van der Waals surface area contributed by atoms with Gasteiger partial charge in [0.2, 0.25) is 0 Å². The molecule has 6 heteroatoms. The molecule has 3 aliphatic rings. The van der Waals surface area contributed by atoms with E-state index in [9.17, 15) is 9.90 Å². The van der Waals surface area contributed by atoms with E-state index in [-0.39, 0.29) is 16.7 Å². The highest BCUT2D eigenvalue weighted by Crippen LogP contribution is 2.73. The molecule has 5 atom stereocenters. The SMILES string of the molecule is CN=C(N)NCC1(C)C2CCC(C)C13CC(COC)C(C(=O)O)=C3C2. The number of aliphatic imine (C=N–C) groups is 1. The molecule has 0 amide bonds. The van der Waals surface area contributed by atoms with Crippen molar-refractivity contribution >= 4 is 11.9 Å². The Kier molecular flexibility index (Phi) is 4.60. The highest BCUT2D eigenvalue weighted by molar-refractivity contribution is 5.90. The third-order valence-electron chi connectivity index (χ3n) is 7.48. The highest BCUT2D eigenvalue weighted by Gasteiger charge is 2.68. The Morgan fingerprint density at radius 3 is 2.80 bits per heavy atom. The summed E-state index contributed by atoms with van der Waals surface area (Å²) in [5.41, 5.74) is 7.62. The topological polar surface area (TPSA) is 96.9 Å². The summed E-state index contributed by atoms with van der Waals surface area (Å²) < 4.78 is 5.37. The van der Waals surface area contributed by atoms with Crippen LogP contribution < -0.4 is 11.1 Å². The summed E-state index contributed by atoms with van der Waals surface area (Å²) in [4.78, 5) is 16.1. The fourth-order valence-electron chi connectivity index (χ4n) is 6.29. The van der Waals surface area contributed by atoms with Crippen molar-refractivity contribution in [3.8, 4) is 0 Å². The predicted octanol–water partition coefficient (Wildman–Crippen LogP) is 2.01. The maximum absolute atomic E-state index is 12.1. The summed E-state index contributed by atoms with van der Waals surface area (Å²) in [7, 11) is 3.33. The fraction of sp³-hybridized carbons (Fsp3) is 0.789. The minimum Gasteiger partial charge on any atom is -0.478 e. The lowest BCUT2D eigenvalue weighted by atomic mass is 9.51. The molecule has 0 saturated heterocycles. The summed E-state index contributed by atoms with van der Waals surface area (Å²) in [6.45, 7) is 5.84. The average Bonchev–Trinajstić information content (AvgIpc) is 2.95.